The van der Waals surface area contributed by atoms with Gasteiger partial charge in [0.15, 0.2) is 0 Å². The normalized spacial score (nSPS) is 22.7. The molecule has 0 spiro atoms. The summed E-state index contributed by atoms with van der Waals surface area (Å²) in [6, 6.07) is 7.23. The second-order valence-corrected chi connectivity index (χ2v) is 6.19. The van der Waals surface area contributed by atoms with Crippen molar-refractivity contribution in [3.8, 4) is 0 Å². The number of nitrogens with zero attached hydrogens (tertiary/aromatic N) is 1. The molecular formula is C18H18F2N2O. The summed E-state index contributed by atoms with van der Waals surface area (Å²) in [5.74, 6) is -0.991. The molecule has 1 amide bonds. The molecule has 0 saturated heterocycles. The van der Waals surface area contributed by atoms with E-state index in [9.17, 15) is 13.6 Å². The Bertz CT molecular complexity index is 720. The van der Waals surface area contributed by atoms with Crippen molar-refractivity contribution in [3.05, 3.63) is 65.5 Å². The van der Waals surface area contributed by atoms with Gasteiger partial charge in [-0.3, -0.25) is 9.78 Å². The highest BCUT2D eigenvalue weighted by molar-refractivity contribution is 5.78. The monoisotopic (exact) mass is 316 g/mol. The number of carbonyl (C=O) groups is 1. The molecule has 1 aromatic heterocycles. The van der Waals surface area contributed by atoms with E-state index in [1.54, 1.807) is 24.5 Å². The highest BCUT2D eigenvalue weighted by atomic mass is 19.1. The van der Waals surface area contributed by atoms with Crippen LogP contribution in [0, 0.1) is 17.6 Å². The first-order valence-corrected chi connectivity index (χ1v) is 7.62. The Hall–Kier alpha value is -2.30. The van der Waals surface area contributed by atoms with Gasteiger partial charge in [-0.1, -0.05) is 13.0 Å². The number of pyridine rings is 1. The fraction of sp³-hybridized carbons (Fsp3) is 0.333. The summed E-state index contributed by atoms with van der Waals surface area (Å²) in [7, 11) is 0. The minimum Gasteiger partial charge on any atom is -0.355 e. The molecule has 2 unspecified atom stereocenters. The van der Waals surface area contributed by atoms with Gasteiger partial charge in [0.1, 0.15) is 11.6 Å². The number of nitrogens with one attached hydrogen (secondary N) is 1. The number of rotatable bonds is 5. The van der Waals surface area contributed by atoms with Crippen LogP contribution >= 0.6 is 0 Å². The van der Waals surface area contributed by atoms with Crippen LogP contribution in [0.3, 0.4) is 0 Å². The lowest BCUT2D eigenvalue weighted by Crippen LogP contribution is -2.34. The largest absolute Gasteiger partial charge is 0.355 e. The molecule has 23 heavy (non-hydrogen) atoms. The first kappa shape index (κ1) is 15.6. The molecule has 1 saturated carbocycles. The van der Waals surface area contributed by atoms with Crippen LogP contribution in [-0.2, 0) is 16.6 Å². The summed E-state index contributed by atoms with van der Waals surface area (Å²) in [4.78, 5) is 16.0. The third-order valence-electron chi connectivity index (χ3n) is 4.64. The Morgan fingerprint density at radius 1 is 1.30 bits per heavy atom. The first-order valence-electron chi connectivity index (χ1n) is 7.62. The molecule has 3 nitrogen and oxygen atoms in total. The molecule has 2 atom stereocenters. The molecule has 0 radical (unpaired) electrons. The third-order valence-corrected chi connectivity index (χ3v) is 4.64. The maximum Gasteiger partial charge on any atom is 0.224 e. The number of carbonyl (C=O) groups excluding carboxylic acids is 1. The maximum absolute atomic E-state index is 14.1. The van der Waals surface area contributed by atoms with E-state index in [-0.39, 0.29) is 18.2 Å². The lowest BCUT2D eigenvalue weighted by Gasteiger charge is -2.19. The maximum atomic E-state index is 14.1. The lowest BCUT2D eigenvalue weighted by molar-refractivity contribution is -0.120. The standard InChI is InChI=1S/C18H18F2N2O/c1-12-10-18(12,15-3-2-14(19)9-16(15)20)11-22-17(23)8-13-4-6-21-7-5-13/h2-7,9,12H,8,10-11H2,1H3,(H,22,23). The van der Waals surface area contributed by atoms with Gasteiger partial charge in [0.25, 0.3) is 0 Å². The first-order chi connectivity index (χ1) is 11.0. The van der Waals surface area contributed by atoms with E-state index in [0.717, 1.165) is 18.1 Å². The van der Waals surface area contributed by atoms with E-state index in [0.29, 0.717) is 12.1 Å². The molecule has 120 valence electrons. The number of hydrogen-bond acceptors (Lipinski definition) is 2. The summed E-state index contributed by atoms with van der Waals surface area (Å²) in [6.07, 6.45) is 4.33. The number of amides is 1. The molecule has 1 heterocycles. The summed E-state index contributed by atoms with van der Waals surface area (Å²) in [5, 5.41) is 2.88. The number of halogens is 2. The fourth-order valence-electron chi connectivity index (χ4n) is 3.10. The lowest BCUT2D eigenvalue weighted by atomic mass is 9.92. The van der Waals surface area contributed by atoms with Gasteiger partial charge < -0.3 is 5.32 Å². The molecule has 1 aliphatic carbocycles. The van der Waals surface area contributed by atoms with Gasteiger partial charge in [0.2, 0.25) is 5.91 Å². The summed E-state index contributed by atoms with van der Waals surface area (Å²) in [5.41, 5.74) is 0.935. The van der Waals surface area contributed by atoms with Gasteiger partial charge >= 0.3 is 0 Å². The van der Waals surface area contributed by atoms with E-state index in [1.165, 1.54) is 12.1 Å². The summed E-state index contributed by atoms with van der Waals surface area (Å²) >= 11 is 0. The Balaban J connectivity index is 1.67. The Morgan fingerprint density at radius 2 is 2.00 bits per heavy atom. The molecule has 1 N–H and O–H groups in total. The minimum absolute atomic E-state index is 0.114. The van der Waals surface area contributed by atoms with Gasteiger partial charge in [-0.05, 0) is 41.7 Å². The van der Waals surface area contributed by atoms with Crippen molar-refractivity contribution in [2.24, 2.45) is 5.92 Å². The van der Waals surface area contributed by atoms with E-state index in [2.05, 4.69) is 10.3 Å². The van der Waals surface area contributed by atoms with E-state index in [1.807, 2.05) is 6.92 Å². The number of benzene rings is 1. The summed E-state index contributed by atoms with van der Waals surface area (Å²) in [6.45, 7) is 2.37. The van der Waals surface area contributed by atoms with Gasteiger partial charge in [-0.25, -0.2) is 8.78 Å². The smallest absolute Gasteiger partial charge is 0.224 e. The zero-order valence-electron chi connectivity index (χ0n) is 12.9. The van der Waals surface area contributed by atoms with Crippen molar-refractivity contribution in [2.45, 2.75) is 25.2 Å². The van der Waals surface area contributed by atoms with Crippen LogP contribution in [-0.4, -0.2) is 17.4 Å². The molecule has 5 heteroatoms. The quantitative estimate of drug-likeness (QED) is 0.921. The van der Waals surface area contributed by atoms with Gasteiger partial charge in [0.05, 0.1) is 6.42 Å². The topological polar surface area (TPSA) is 42.0 Å². The van der Waals surface area contributed by atoms with Gasteiger partial charge in [0, 0.05) is 30.4 Å². The minimum atomic E-state index is -0.587. The second-order valence-electron chi connectivity index (χ2n) is 6.19. The van der Waals surface area contributed by atoms with Gasteiger partial charge in [-0.2, -0.15) is 0 Å². The second kappa shape index (κ2) is 6.07. The highest BCUT2D eigenvalue weighted by Crippen LogP contribution is 2.54. The van der Waals surface area contributed by atoms with Crippen LogP contribution in [0.1, 0.15) is 24.5 Å². The molecule has 3 rings (SSSR count). The van der Waals surface area contributed by atoms with Crippen LogP contribution < -0.4 is 5.32 Å². The average molecular weight is 316 g/mol. The molecule has 0 aliphatic heterocycles. The van der Waals surface area contributed by atoms with Crippen LogP contribution in [0.25, 0.3) is 0 Å². The molecule has 0 bridgehead atoms. The fourth-order valence-corrected chi connectivity index (χ4v) is 3.10. The predicted molar refractivity (Wildman–Crippen MR) is 82.8 cm³/mol. The Kier molecular flexibility index (Phi) is 4.11. The van der Waals surface area contributed by atoms with Crippen LogP contribution in [0.15, 0.2) is 42.7 Å². The molecule has 1 aromatic carbocycles. The van der Waals surface area contributed by atoms with Crippen molar-refractivity contribution < 1.29 is 13.6 Å². The SMILES string of the molecule is CC1CC1(CNC(=O)Cc1ccncc1)c1ccc(F)cc1F. The van der Waals surface area contributed by atoms with Gasteiger partial charge in [-0.15, -0.1) is 0 Å². The molecule has 2 aromatic rings. The average Bonchev–Trinajstić information content (AvgIpc) is 3.17. The predicted octanol–water partition coefficient (Wildman–Crippen LogP) is 3.00. The van der Waals surface area contributed by atoms with Crippen molar-refractivity contribution >= 4 is 5.91 Å². The number of aromatic nitrogens is 1. The van der Waals surface area contributed by atoms with Crippen molar-refractivity contribution in [3.63, 3.8) is 0 Å². The van der Waals surface area contributed by atoms with Crippen molar-refractivity contribution in [1.82, 2.24) is 10.3 Å². The third kappa shape index (κ3) is 3.23. The Morgan fingerprint density at radius 3 is 2.61 bits per heavy atom. The van der Waals surface area contributed by atoms with Crippen LogP contribution in [0.5, 0.6) is 0 Å². The zero-order chi connectivity index (χ0) is 16.4. The van der Waals surface area contributed by atoms with Crippen LogP contribution in [0.4, 0.5) is 8.78 Å². The highest BCUT2D eigenvalue weighted by Gasteiger charge is 2.53. The van der Waals surface area contributed by atoms with E-state index < -0.39 is 17.0 Å². The van der Waals surface area contributed by atoms with Crippen molar-refractivity contribution in [1.29, 1.82) is 0 Å². The zero-order valence-corrected chi connectivity index (χ0v) is 12.9. The summed E-state index contributed by atoms with van der Waals surface area (Å²) < 4.78 is 27.2. The molecular weight excluding hydrogens is 298 g/mol. The molecule has 1 fully saturated rings. The number of hydrogen-bond donors (Lipinski definition) is 1. The van der Waals surface area contributed by atoms with Crippen molar-refractivity contribution in [2.75, 3.05) is 6.54 Å². The van der Waals surface area contributed by atoms with Crippen LogP contribution in [0.2, 0.25) is 0 Å². The Labute approximate surface area is 133 Å². The van der Waals surface area contributed by atoms with E-state index in [4.69, 9.17) is 0 Å². The molecule has 1 aliphatic rings. The van der Waals surface area contributed by atoms with E-state index >= 15 is 0 Å².